The monoisotopic (exact) mass is 359 g/mol. The highest BCUT2D eigenvalue weighted by Gasteiger charge is 2.19. The van der Waals surface area contributed by atoms with Gasteiger partial charge in [-0.1, -0.05) is 11.6 Å². The van der Waals surface area contributed by atoms with Crippen molar-refractivity contribution in [3.8, 4) is 5.75 Å². The first-order valence-corrected chi connectivity index (χ1v) is 8.21. The Morgan fingerprint density at radius 1 is 1.24 bits per heavy atom. The Morgan fingerprint density at radius 2 is 2.00 bits per heavy atom. The quantitative estimate of drug-likeness (QED) is 0.880. The van der Waals surface area contributed by atoms with Gasteiger partial charge in [0, 0.05) is 24.3 Å². The van der Waals surface area contributed by atoms with Gasteiger partial charge < -0.3 is 20.3 Å². The fraction of sp³-hybridized carbons (Fsp3) is 0.222. The van der Waals surface area contributed by atoms with Gasteiger partial charge in [0.25, 0.3) is 5.91 Å². The standard InChI is InChI=1S/C18H18ClN3O3/c1-25-14-5-2-12(3-6-14)18(24)21-13-4-7-16(15(19)10-13)22-9-8-20-17(23)11-22/h2-7,10H,8-9,11H2,1H3,(H,20,23)(H,21,24). The third kappa shape index (κ3) is 4.03. The maximum Gasteiger partial charge on any atom is 0.255 e. The molecule has 7 heteroatoms. The van der Waals surface area contributed by atoms with E-state index in [1.54, 1.807) is 43.5 Å². The van der Waals surface area contributed by atoms with E-state index in [9.17, 15) is 9.59 Å². The van der Waals surface area contributed by atoms with E-state index < -0.39 is 0 Å². The van der Waals surface area contributed by atoms with Crippen LogP contribution >= 0.6 is 11.6 Å². The molecule has 1 saturated heterocycles. The maximum absolute atomic E-state index is 12.3. The lowest BCUT2D eigenvalue weighted by molar-refractivity contribution is -0.120. The van der Waals surface area contributed by atoms with Gasteiger partial charge in [0.05, 0.1) is 24.4 Å². The Balaban J connectivity index is 1.71. The molecule has 25 heavy (non-hydrogen) atoms. The van der Waals surface area contributed by atoms with Crippen LogP contribution in [0.1, 0.15) is 10.4 Å². The first-order chi connectivity index (χ1) is 12.1. The number of piperazine rings is 1. The summed E-state index contributed by atoms with van der Waals surface area (Å²) in [5.41, 5.74) is 1.89. The van der Waals surface area contributed by atoms with Crippen molar-refractivity contribution in [2.24, 2.45) is 0 Å². The molecule has 0 aromatic heterocycles. The summed E-state index contributed by atoms with van der Waals surface area (Å²) >= 11 is 6.34. The predicted molar refractivity (Wildman–Crippen MR) is 97.6 cm³/mol. The molecule has 0 bridgehead atoms. The van der Waals surface area contributed by atoms with Crippen molar-refractivity contribution >= 4 is 34.8 Å². The van der Waals surface area contributed by atoms with Crippen LogP contribution in [-0.4, -0.2) is 38.6 Å². The van der Waals surface area contributed by atoms with Crippen LogP contribution in [0.2, 0.25) is 5.02 Å². The van der Waals surface area contributed by atoms with Gasteiger partial charge in [-0.25, -0.2) is 0 Å². The smallest absolute Gasteiger partial charge is 0.255 e. The van der Waals surface area contributed by atoms with E-state index in [1.807, 2.05) is 11.0 Å². The number of rotatable bonds is 4. The summed E-state index contributed by atoms with van der Waals surface area (Å²) < 4.78 is 5.08. The molecule has 1 heterocycles. The fourth-order valence-corrected chi connectivity index (χ4v) is 2.93. The number of amides is 2. The summed E-state index contributed by atoms with van der Waals surface area (Å²) in [6.07, 6.45) is 0. The molecule has 0 saturated carbocycles. The number of nitrogens with zero attached hydrogens (tertiary/aromatic N) is 1. The first kappa shape index (κ1) is 17.1. The van der Waals surface area contributed by atoms with E-state index in [1.165, 1.54) is 0 Å². The van der Waals surface area contributed by atoms with Gasteiger partial charge in [0.1, 0.15) is 5.75 Å². The molecule has 1 fully saturated rings. The minimum absolute atomic E-state index is 0.0285. The van der Waals surface area contributed by atoms with Crippen molar-refractivity contribution in [1.82, 2.24) is 5.32 Å². The zero-order valence-electron chi connectivity index (χ0n) is 13.7. The van der Waals surface area contributed by atoms with E-state index in [0.29, 0.717) is 35.1 Å². The van der Waals surface area contributed by atoms with Gasteiger partial charge in [-0.15, -0.1) is 0 Å². The summed E-state index contributed by atoms with van der Waals surface area (Å²) in [6, 6.07) is 12.1. The van der Waals surface area contributed by atoms with Crippen LogP contribution in [0.4, 0.5) is 11.4 Å². The summed E-state index contributed by atoms with van der Waals surface area (Å²) in [4.78, 5) is 25.7. The molecule has 0 unspecified atom stereocenters. The van der Waals surface area contributed by atoms with E-state index >= 15 is 0 Å². The fourth-order valence-electron chi connectivity index (χ4n) is 2.63. The summed E-state index contributed by atoms with van der Waals surface area (Å²) in [7, 11) is 1.57. The van der Waals surface area contributed by atoms with Crippen LogP contribution in [0, 0.1) is 0 Å². The minimum atomic E-state index is -0.233. The number of hydrogen-bond acceptors (Lipinski definition) is 4. The average molecular weight is 360 g/mol. The molecular formula is C18H18ClN3O3. The highest BCUT2D eigenvalue weighted by Crippen LogP contribution is 2.29. The lowest BCUT2D eigenvalue weighted by Gasteiger charge is -2.29. The van der Waals surface area contributed by atoms with Gasteiger partial charge in [-0.2, -0.15) is 0 Å². The zero-order chi connectivity index (χ0) is 17.8. The van der Waals surface area contributed by atoms with Gasteiger partial charge in [-0.05, 0) is 42.5 Å². The van der Waals surface area contributed by atoms with Crippen LogP contribution in [0.15, 0.2) is 42.5 Å². The largest absolute Gasteiger partial charge is 0.497 e. The Bertz CT molecular complexity index is 793. The first-order valence-electron chi connectivity index (χ1n) is 7.83. The molecule has 1 aliphatic rings. The molecule has 1 aliphatic heterocycles. The van der Waals surface area contributed by atoms with E-state index in [0.717, 1.165) is 5.69 Å². The van der Waals surface area contributed by atoms with Crippen LogP contribution in [0.3, 0.4) is 0 Å². The number of benzene rings is 2. The molecular weight excluding hydrogens is 342 g/mol. The second-order valence-corrected chi connectivity index (χ2v) is 6.03. The number of carbonyl (C=O) groups excluding carboxylic acids is 2. The number of methoxy groups -OCH3 is 1. The topological polar surface area (TPSA) is 70.7 Å². The Kier molecular flexibility index (Phi) is 5.09. The third-order valence-electron chi connectivity index (χ3n) is 3.94. The molecule has 2 N–H and O–H groups in total. The van der Waals surface area contributed by atoms with Crippen LogP contribution < -0.4 is 20.3 Å². The minimum Gasteiger partial charge on any atom is -0.497 e. The number of carbonyl (C=O) groups is 2. The second kappa shape index (κ2) is 7.44. The molecule has 0 atom stereocenters. The Morgan fingerprint density at radius 3 is 2.64 bits per heavy atom. The van der Waals surface area contributed by atoms with Crippen LogP contribution in [-0.2, 0) is 4.79 Å². The molecule has 6 nitrogen and oxygen atoms in total. The predicted octanol–water partition coefficient (Wildman–Crippen LogP) is 2.54. The van der Waals surface area contributed by atoms with Crippen molar-refractivity contribution in [3.05, 3.63) is 53.1 Å². The van der Waals surface area contributed by atoms with E-state index in [2.05, 4.69) is 10.6 Å². The van der Waals surface area contributed by atoms with Crippen molar-refractivity contribution in [3.63, 3.8) is 0 Å². The highest BCUT2D eigenvalue weighted by atomic mass is 35.5. The molecule has 2 amide bonds. The number of nitrogens with one attached hydrogen (secondary N) is 2. The lowest BCUT2D eigenvalue weighted by Crippen LogP contribution is -2.47. The SMILES string of the molecule is COc1ccc(C(=O)Nc2ccc(N3CCNC(=O)C3)c(Cl)c2)cc1. The van der Waals surface area contributed by atoms with Gasteiger partial charge in [-0.3, -0.25) is 9.59 Å². The summed E-state index contributed by atoms with van der Waals surface area (Å²) in [5, 5.41) is 6.08. The van der Waals surface area contributed by atoms with Crippen molar-refractivity contribution in [2.45, 2.75) is 0 Å². The Labute approximate surface area is 150 Å². The van der Waals surface area contributed by atoms with E-state index in [-0.39, 0.29) is 18.4 Å². The maximum atomic E-state index is 12.3. The van der Waals surface area contributed by atoms with Gasteiger partial charge in [0.2, 0.25) is 5.91 Å². The normalized spacial score (nSPS) is 14.0. The molecule has 130 valence electrons. The van der Waals surface area contributed by atoms with E-state index in [4.69, 9.17) is 16.3 Å². The van der Waals surface area contributed by atoms with Crippen LogP contribution in [0.5, 0.6) is 5.75 Å². The number of anilines is 2. The lowest BCUT2D eigenvalue weighted by atomic mass is 10.2. The summed E-state index contributed by atoms with van der Waals surface area (Å²) in [5.74, 6) is 0.428. The molecule has 0 aliphatic carbocycles. The number of ether oxygens (including phenoxy) is 1. The number of hydrogen-bond donors (Lipinski definition) is 2. The highest BCUT2D eigenvalue weighted by molar-refractivity contribution is 6.33. The van der Waals surface area contributed by atoms with Crippen molar-refractivity contribution < 1.29 is 14.3 Å². The Hall–Kier alpha value is -2.73. The average Bonchev–Trinajstić information content (AvgIpc) is 2.62. The van der Waals surface area contributed by atoms with Crippen molar-refractivity contribution in [1.29, 1.82) is 0 Å². The van der Waals surface area contributed by atoms with Crippen LogP contribution in [0.25, 0.3) is 0 Å². The molecule has 0 spiro atoms. The zero-order valence-corrected chi connectivity index (χ0v) is 14.5. The molecule has 2 aromatic rings. The molecule has 3 rings (SSSR count). The summed E-state index contributed by atoms with van der Waals surface area (Å²) in [6.45, 7) is 1.56. The molecule has 2 aromatic carbocycles. The number of halogens is 1. The molecule has 0 radical (unpaired) electrons. The van der Waals surface area contributed by atoms with Crippen molar-refractivity contribution in [2.75, 3.05) is 37.0 Å². The second-order valence-electron chi connectivity index (χ2n) is 5.62. The van der Waals surface area contributed by atoms with Gasteiger partial charge in [0.15, 0.2) is 0 Å². The van der Waals surface area contributed by atoms with Gasteiger partial charge >= 0.3 is 0 Å². The third-order valence-corrected chi connectivity index (χ3v) is 4.24.